The largest absolute Gasteiger partial charge is 0.309 e. The SMILES string of the molecule is c1ccc(-c2ccccc2-n2c3ccc(C4CCCCC4)cc3c3cc(C4CCCCC4)ccc32)c(-c2ccc3c(c2)sc2ccccc23)c1. The summed E-state index contributed by atoms with van der Waals surface area (Å²) in [6.45, 7) is 0. The monoisotopic (exact) mass is 665 g/mol. The van der Waals surface area contributed by atoms with E-state index in [1.54, 1.807) is 0 Å². The predicted octanol–water partition coefficient (Wildman–Crippen LogP) is 14.6. The Morgan fingerprint density at radius 1 is 0.420 bits per heavy atom. The van der Waals surface area contributed by atoms with E-state index in [1.807, 2.05) is 11.3 Å². The number of nitrogens with zero attached hydrogens (tertiary/aromatic N) is 1. The van der Waals surface area contributed by atoms with Gasteiger partial charge in [0.1, 0.15) is 0 Å². The number of hydrogen-bond acceptors (Lipinski definition) is 1. The summed E-state index contributed by atoms with van der Waals surface area (Å²) in [6.07, 6.45) is 13.5. The maximum Gasteiger partial charge on any atom is 0.0541 e. The van der Waals surface area contributed by atoms with Gasteiger partial charge in [0.2, 0.25) is 0 Å². The molecule has 0 bridgehead atoms. The van der Waals surface area contributed by atoms with Crippen molar-refractivity contribution in [3.8, 4) is 27.9 Å². The summed E-state index contributed by atoms with van der Waals surface area (Å²) in [6, 6.07) is 48.9. The fraction of sp³-hybridized carbons (Fsp3) is 0.250. The van der Waals surface area contributed by atoms with Gasteiger partial charge in [-0.1, -0.05) is 123 Å². The van der Waals surface area contributed by atoms with E-state index in [0.29, 0.717) is 11.8 Å². The number of thiophene rings is 1. The molecule has 8 aromatic rings. The van der Waals surface area contributed by atoms with Gasteiger partial charge in [-0.15, -0.1) is 11.3 Å². The van der Waals surface area contributed by atoms with E-state index >= 15 is 0 Å². The minimum Gasteiger partial charge on any atom is -0.309 e. The Morgan fingerprint density at radius 2 is 0.980 bits per heavy atom. The molecule has 0 spiro atoms. The average molecular weight is 666 g/mol. The molecule has 0 radical (unpaired) electrons. The molecule has 0 atom stereocenters. The molecule has 0 amide bonds. The van der Waals surface area contributed by atoms with E-state index in [9.17, 15) is 0 Å². The zero-order valence-electron chi connectivity index (χ0n) is 28.7. The van der Waals surface area contributed by atoms with Gasteiger partial charge >= 0.3 is 0 Å². The quantitative estimate of drug-likeness (QED) is 0.172. The van der Waals surface area contributed by atoms with Crippen LogP contribution in [-0.2, 0) is 0 Å². The van der Waals surface area contributed by atoms with E-state index in [4.69, 9.17) is 0 Å². The van der Waals surface area contributed by atoms with Crippen LogP contribution >= 0.6 is 11.3 Å². The topological polar surface area (TPSA) is 4.93 Å². The van der Waals surface area contributed by atoms with Crippen molar-refractivity contribution in [3.63, 3.8) is 0 Å². The first kappa shape index (κ1) is 30.2. The van der Waals surface area contributed by atoms with Crippen LogP contribution in [0.1, 0.15) is 87.2 Å². The van der Waals surface area contributed by atoms with Crippen molar-refractivity contribution in [1.29, 1.82) is 0 Å². The molecule has 0 N–H and O–H groups in total. The van der Waals surface area contributed by atoms with Gasteiger partial charge in [0.25, 0.3) is 0 Å². The maximum absolute atomic E-state index is 2.57. The van der Waals surface area contributed by atoms with Crippen molar-refractivity contribution >= 4 is 53.3 Å². The Hall–Kier alpha value is -4.66. The lowest BCUT2D eigenvalue weighted by Crippen LogP contribution is -2.04. The van der Waals surface area contributed by atoms with Crippen molar-refractivity contribution in [1.82, 2.24) is 4.57 Å². The number of rotatable bonds is 5. The van der Waals surface area contributed by atoms with Crippen LogP contribution in [0.3, 0.4) is 0 Å². The summed E-state index contributed by atoms with van der Waals surface area (Å²) in [5.41, 5.74) is 12.0. The molecule has 2 aliphatic rings. The van der Waals surface area contributed by atoms with Crippen LogP contribution in [0.25, 0.3) is 69.9 Å². The van der Waals surface area contributed by atoms with E-state index in [0.717, 1.165) is 0 Å². The third-order valence-corrected chi connectivity index (χ3v) is 13.2. The van der Waals surface area contributed by atoms with E-state index in [1.165, 1.54) is 145 Å². The highest BCUT2D eigenvalue weighted by Gasteiger charge is 2.23. The molecule has 50 heavy (non-hydrogen) atoms. The highest BCUT2D eigenvalue weighted by molar-refractivity contribution is 7.25. The number of benzene rings is 6. The second-order valence-electron chi connectivity index (χ2n) is 14.9. The van der Waals surface area contributed by atoms with Crippen LogP contribution in [-0.4, -0.2) is 4.57 Å². The molecule has 2 saturated carbocycles. The molecule has 2 aliphatic carbocycles. The summed E-state index contributed by atoms with van der Waals surface area (Å²) in [7, 11) is 0. The lowest BCUT2D eigenvalue weighted by molar-refractivity contribution is 0.444. The first-order chi connectivity index (χ1) is 24.8. The summed E-state index contributed by atoms with van der Waals surface area (Å²) < 4.78 is 5.26. The van der Waals surface area contributed by atoms with Gasteiger partial charge in [0.05, 0.1) is 16.7 Å². The van der Waals surface area contributed by atoms with Gasteiger partial charge < -0.3 is 4.57 Å². The van der Waals surface area contributed by atoms with E-state index in [2.05, 4.69) is 132 Å². The smallest absolute Gasteiger partial charge is 0.0541 e. The van der Waals surface area contributed by atoms with Crippen LogP contribution in [0.4, 0.5) is 0 Å². The number of fused-ring (bicyclic) bond motifs is 6. The molecule has 2 heteroatoms. The molecule has 10 rings (SSSR count). The molecule has 0 saturated heterocycles. The Labute approximate surface area is 299 Å². The third-order valence-electron chi connectivity index (χ3n) is 12.0. The molecule has 2 aromatic heterocycles. The summed E-state index contributed by atoms with van der Waals surface area (Å²) >= 11 is 1.89. The van der Waals surface area contributed by atoms with E-state index in [-0.39, 0.29) is 0 Å². The highest BCUT2D eigenvalue weighted by Crippen LogP contribution is 2.44. The number of para-hydroxylation sites is 1. The lowest BCUT2D eigenvalue weighted by atomic mass is 9.83. The summed E-state index contributed by atoms with van der Waals surface area (Å²) in [5, 5.41) is 5.53. The second-order valence-corrected chi connectivity index (χ2v) is 16.0. The van der Waals surface area contributed by atoms with Crippen LogP contribution in [0.5, 0.6) is 0 Å². The predicted molar refractivity (Wildman–Crippen MR) is 216 cm³/mol. The van der Waals surface area contributed by atoms with E-state index < -0.39 is 0 Å². The molecule has 246 valence electrons. The van der Waals surface area contributed by atoms with Gasteiger partial charge in [-0.25, -0.2) is 0 Å². The zero-order valence-corrected chi connectivity index (χ0v) is 29.5. The maximum atomic E-state index is 2.57. The standard InChI is InChI=1S/C48H43NS/c1-3-13-32(14-4-1)34-24-27-45-42(29-34)43-30-35(33-15-5-2-6-16-33)25-28-46(43)49(45)44-21-11-9-19-39(44)38-18-8-7-17-37(38)36-23-26-41-40-20-10-12-22-47(40)50-48(41)31-36/h7-12,17-33H,1-6,13-16H2. The van der Waals surface area contributed by atoms with Crippen molar-refractivity contribution in [2.24, 2.45) is 0 Å². The highest BCUT2D eigenvalue weighted by atomic mass is 32.1. The van der Waals surface area contributed by atoms with Gasteiger partial charge in [-0.2, -0.15) is 0 Å². The fourth-order valence-corrected chi connectivity index (χ4v) is 10.6. The number of aromatic nitrogens is 1. The molecule has 2 heterocycles. The van der Waals surface area contributed by atoms with Gasteiger partial charge in [0, 0.05) is 36.5 Å². The van der Waals surface area contributed by atoms with Crippen LogP contribution in [0, 0.1) is 0 Å². The molecule has 0 aliphatic heterocycles. The normalized spacial score (nSPS) is 16.2. The lowest BCUT2D eigenvalue weighted by Gasteiger charge is -2.22. The van der Waals surface area contributed by atoms with Gasteiger partial charge in [-0.3, -0.25) is 0 Å². The third kappa shape index (κ3) is 5.11. The van der Waals surface area contributed by atoms with Crippen molar-refractivity contribution in [2.75, 3.05) is 0 Å². The second kappa shape index (κ2) is 12.6. The molecular weight excluding hydrogens is 623 g/mol. The molecule has 1 nitrogen and oxygen atoms in total. The minimum atomic E-state index is 0.686. The fourth-order valence-electron chi connectivity index (χ4n) is 9.46. The molecule has 0 unspecified atom stereocenters. The summed E-state index contributed by atoms with van der Waals surface area (Å²) in [5.74, 6) is 1.37. The Morgan fingerprint density at radius 3 is 1.66 bits per heavy atom. The zero-order chi connectivity index (χ0) is 33.0. The molecule has 6 aromatic carbocycles. The van der Waals surface area contributed by atoms with Gasteiger partial charge in [0.15, 0.2) is 0 Å². The Kier molecular flexibility index (Phi) is 7.60. The van der Waals surface area contributed by atoms with Gasteiger partial charge in [-0.05, 0) is 108 Å². The van der Waals surface area contributed by atoms with Crippen LogP contribution in [0.2, 0.25) is 0 Å². The molecule has 2 fully saturated rings. The first-order valence-corrected chi connectivity index (χ1v) is 19.8. The molecular formula is C48H43NS. The number of hydrogen-bond donors (Lipinski definition) is 0. The van der Waals surface area contributed by atoms with Crippen LogP contribution < -0.4 is 0 Å². The Bertz CT molecular complexity index is 2440. The average Bonchev–Trinajstić information content (AvgIpc) is 3.73. The van der Waals surface area contributed by atoms with Crippen molar-refractivity contribution in [2.45, 2.75) is 76.0 Å². The van der Waals surface area contributed by atoms with Crippen molar-refractivity contribution in [3.05, 3.63) is 139 Å². The minimum absolute atomic E-state index is 0.686. The van der Waals surface area contributed by atoms with Crippen LogP contribution in [0.15, 0.2) is 127 Å². The Balaban J connectivity index is 1.16. The van der Waals surface area contributed by atoms with Crippen molar-refractivity contribution < 1.29 is 0 Å². The summed E-state index contributed by atoms with van der Waals surface area (Å²) in [4.78, 5) is 0. The first-order valence-electron chi connectivity index (χ1n) is 19.0.